The molecule has 1 saturated carbocycles. The zero-order chi connectivity index (χ0) is 14.7. The fourth-order valence-electron chi connectivity index (χ4n) is 3.32. The first-order chi connectivity index (χ1) is 9.56. The molecule has 1 unspecified atom stereocenters. The molecule has 114 valence electrons. The maximum atomic E-state index is 6.48. The molecule has 2 N–H and O–H groups in total. The van der Waals surface area contributed by atoms with Crippen molar-refractivity contribution in [2.75, 3.05) is 0 Å². The van der Waals surface area contributed by atoms with Crippen molar-refractivity contribution in [1.82, 2.24) is 9.78 Å². The van der Waals surface area contributed by atoms with Gasteiger partial charge in [0.05, 0.1) is 16.4 Å². The van der Waals surface area contributed by atoms with Gasteiger partial charge in [0.2, 0.25) is 0 Å². The number of nitrogens with two attached hydrogens (primary N) is 1. The van der Waals surface area contributed by atoms with Crippen molar-refractivity contribution >= 4 is 11.6 Å². The van der Waals surface area contributed by atoms with E-state index in [0.717, 1.165) is 41.7 Å². The van der Waals surface area contributed by atoms with E-state index in [1.54, 1.807) is 0 Å². The number of hydrogen-bond donors (Lipinski definition) is 1. The maximum Gasteiger partial charge on any atom is 0.0850 e. The van der Waals surface area contributed by atoms with Crippen LogP contribution in [0.15, 0.2) is 0 Å². The highest BCUT2D eigenvalue weighted by Gasteiger charge is 2.26. The minimum atomic E-state index is 0.215. The predicted molar refractivity (Wildman–Crippen MR) is 85.1 cm³/mol. The van der Waals surface area contributed by atoms with Crippen LogP contribution in [0.3, 0.4) is 0 Å². The summed E-state index contributed by atoms with van der Waals surface area (Å²) in [5, 5.41) is 5.43. The van der Waals surface area contributed by atoms with Gasteiger partial charge in [-0.25, -0.2) is 0 Å². The van der Waals surface area contributed by atoms with E-state index in [2.05, 4.69) is 25.9 Å². The molecule has 3 nitrogen and oxygen atoms in total. The fraction of sp³-hybridized carbons (Fsp3) is 0.812. The highest BCUT2D eigenvalue weighted by Crippen LogP contribution is 2.32. The Kier molecular flexibility index (Phi) is 5.50. The van der Waals surface area contributed by atoms with Crippen LogP contribution in [0, 0.1) is 11.8 Å². The first-order valence-corrected chi connectivity index (χ1v) is 8.44. The summed E-state index contributed by atoms with van der Waals surface area (Å²) in [6, 6.07) is 0.215. The van der Waals surface area contributed by atoms with Gasteiger partial charge in [-0.15, -0.1) is 0 Å². The molecule has 1 aliphatic rings. The molecule has 1 aliphatic carbocycles. The fourth-order valence-corrected chi connectivity index (χ4v) is 3.66. The first-order valence-electron chi connectivity index (χ1n) is 8.06. The van der Waals surface area contributed by atoms with Crippen LogP contribution in [0.5, 0.6) is 0 Å². The van der Waals surface area contributed by atoms with E-state index in [9.17, 15) is 0 Å². The summed E-state index contributed by atoms with van der Waals surface area (Å²) in [4.78, 5) is 0. The van der Waals surface area contributed by atoms with E-state index in [1.807, 2.05) is 4.68 Å². The normalized spacial score (nSPS) is 24.9. The van der Waals surface area contributed by atoms with E-state index in [4.69, 9.17) is 17.3 Å². The Morgan fingerprint density at radius 3 is 2.50 bits per heavy atom. The standard InChI is InChI=1S/C16H28ClN3/c1-4-14-16(17)15(20(5-2)19-14)10-13(18)12-8-6-11(3)7-9-12/h11-13H,4-10,18H2,1-3H3. The highest BCUT2D eigenvalue weighted by atomic mass is 35.5. The molecule has 2 rings (SSSR count). The number of halogens is 1. The van der Waals surface area contributed by atoms with Gasteiger partial charge in [-0.2, -0.15) is 5.10 Å². The molecule has 1 fully saturated rings. The summed E-state index contributed by atoms with van der Waals surface area (Å²) < 4.78 is 2.03. The average Bonchev–Trinajstić information content (AvgIpc) is 2.76. The number of aryl methyl sites for hydroxylation is 2. The second-order valence-corrected chi connectivity index (χ2v) is 6.64. The van der Waals surface area contributed by atoms with Crippen molar-refractivity contribution in [3.8, 4) is 0 Å². The van der Waals surface area contributed by atoms with Crippen molar-refractivity contribution in [2.24, 2.45) is 17.6 Å². The van der Waals surface area contributed by atoms with Crippen molar-refractivity contribution in [2.45, 2.75) is 71.9 Å². The van der Waals surface area contributed by atoms with Crippen molar-refractivity contribution in [1.29, 1.82) is 0 Å². The van der Waals surface area contributed by atoms with Crippen molar-refractivity contribution < 1.29 is 0 Å². The lowest BCUT2D eigenvalue weighted by atomic mass is 9.78. The molecule has 0 aliphatic heterocycles. The maximum absolute atomic E-state index is 6.48. The Balaban J connectivity index is 2.07. The topological polar surface area (TPSA) is 43.8 Å². The van der Waals surface area contributed by atoms with Crippen LogP contribution < -0.4 is 5.73 Å². The van der Waals surface area contributed by atoms with Gasteiger partial charge in [0.15, 0.2) is 0 Å². The molecular formula is C16H28ClN3. The molecule has 0 aromatic carbocycles. The average molecular weight is 298 g/mol. The van der Waals surface area contributed by atoms with Gasteiger partial charge < -0.3 is 5.73 Å². The van der Waals surface area contributed by atoms with Gasteiger partial charge in [-0.05, 0) is 38.0 Å². The molecule has 20 heavy (non-hydrogen) atoms. The molecule has 1 heterocycles. The molecule has 0 bridgehead atoms. The van der Waals surface area contributed by atoms with Crippen LogP contribution in [0.1, 0.15) is 57.8 Å². The number of rotatable bonds is 5. The third kappa shape index (κ3) is 3.37. The highest BCUT2D eigenvalue weighted by molar-refractivity contribution is 6.31. The van der Waals surface area contributed by atoms with Crippen LogP contribution in [-0.4, -0.2) is 15.8 Å². The monoisotopic (exact) mass is 297 g/mol. The largest absolute Gasteiger partial charge is 0.327 e. The smallest absolute Gasteiger partial charge is 0.0850 e. The lowest BCUT2D eigenvalue weighted by Crippen LogP contribution is -2.35. The third-order valence-electron chi connectivity index (χ3n) is 4.79. The Labute approximate surface area is 127 Å². The van der Waals surface area contributed by atoms with E-state index in [-0.39, 0.29) is 6.04 Å². The Bertz CT molecular complexity index is 433. The molecule has 0 spiro atoms. The Morgan fingerprint density at radius 2 is 1.95 bits per heavy atom. The van der Waals surface area contributed by atoms with Gasteiger partial charge in [0, 0.05) is 19.0 Å². The van der Waals surface area contributed by atoms with Crippen molar-refractivity contribution in [3.05, 3.63) is 16.4 Å². The summed E-state index contributed by atoms with van der Waals surface area (Å²) in [6.45, 7) is 7.42. The summed E-state index contributed by atoms with van der Waals surface area (Å²) >= 11 is 6.48. The first kappa shape index (κ1) is 15.8. The molecule has 1 aromatic heterocycles. The molecule has 0 radical (unpaired) electrons. The predicted octanol–water partition coefficient (Wildman–Crippen LogP) is 3.81. The molecule has 1 aromatic rings. The van der Waals surface area contributed by atoms with Crippen LogP contribution in [-0.2, 0) is 19.4 Å². The van der Waals surface area contributed by atoms with Gasteiger partial charge in [-0.1, -0.05) is 38.3 Å². The lowest BCUT2D eigenvalue weighted by molar-refractivity contribution is 0.251. The number of nitrogens with zero attached hydrogens (tertiary/aromatic N) is 2. The quantitative estimate of drug-likeness (QED) is 0.898. The van der Waals surface area contributed by atoms with Crippen LogP contribution >= 0.6 is 11.6 Å². The Morgan fingerprint density at radius 1 is 1.30 bits per heavy atom. The SMILES string of the molecule is CCc1nn(CC)c(CC(N)C2CCC(C)CC2)c1Cl. The second kappa shape index (κ2) is 6.95. The summed E-state index contributed by atoms with van der Waals surface area (Å²) in [5.41, 5.74) is 8.61. The second-order valence-electron chi connectivity index (χ2n) is 6.26. The van der Waals surface area contributed by atoms with E-state index >= 15 is 0 Å². The van der Waals surface area contributed by atoms with Gasteiger partial charge in [-0.3, -0.25) is 4.68 Å². The zero-order valence-corrected chi connectivity index (χ0v) is 13.8. The molecule has 0 saturated heterocycles. The van der Waals surface area contributed by atoms with Crippen LogP contribution in [0.2, 0.25) is 5.02 Å². The third-order valence-corrected chi connectivity index (χ3v) is 5.23. The van der Waals surface area contributed by atoms with Gasteiger partial charge in [0.1, 0.15) is 0 Å². The molecular weight excluding hydrogens is 270 g/mol. The molecule has 0 amide bonds. The Hall–Kier alpha value is -0.540. The number of hydrogen-bond acceptors (Lipinski definition) is 2. The minimum Gasteiger partial charge on any atom is -0.327 e. The van der Waals surface area contributed by atoms with Crippen LogP contribution in [0.4, 0.5) is 0 Å². The molecule has 4 heteroatoms. The van der Waals surface area contributed by atoms with Crippen molar-refractivity contribution in [3.63, 3.8) is 0 Å². The number of aromatic nitrogens is 2. The van der Waals surface area contributed by atoms with E-state index in [0.29, 0.717) is 5.92 Å². The summed E-state index contributed by atoms with van der Waals surface area (Å²) in [6.07, 6.45) is 6.91. The minimum absolute atomic E-state index is 0.215. The summed E-state index contributed by atoms with van der Waals surface area (Å²) in [7, 11) is 0. The van der Waals surface area contributed by atoms with Crippen LogP contribution in [0.25, 0.3) is 0 Å². The zero-order valence-electron chi connectivity index (χ0n) is 13.0. The summed E-state index contributed by atoms with van der Waals surface area (Å²) in [5.74, 6) is 1.52. The van der Waals surface area contributed by atoms with Gasteiger partial charge >= 0.3 is 0 Å². The van der Waals surface area contributed by atoms with Gasteiger partial charge in [0.25, 0.3) is 0 Å². The van der Waals surface area contributed by atoms with E-state index in [1.165, 1.54) is 25.7 Å². The lowest BCUT2D eigenvalue weighted by Gasteiger charge is -2.30. The van der Waals surface area contributed by atoms with E-state index < -0.39 is 0 Å². The molecule has 1 atom stereocenters.